The van der Waals surface area contributed by atoms with Crippen LogP contribution in [0.1, 0.15) is 46.7 Å². The lowest BCUT2D eigenvalue weighted by Gasteiger charge is -2.29. The largest absolute Gasteiger partial charge is 0.352 e. The van der Waals surface area contributed by atoms with E-state index < -0.39 is 0 Å². The van der Waals surface area contributed by atoms with Crippen molar-refractivity contribution >= 4 is 40.5 Å². The standard InChI is InChI=1S/C30H29ClFN5OS/c1-18-19(2)37(24-8-6-7-21(31)17-24)20(3)27(18)29-28(25-9-4-5-15-33-25)35-30(39)36(29)16-14-26(38)34-23-12-10-22(32)11-13-23/h4-13,15,17,28-29H,14,16H2,1-3H3,(H,34,38)(H,35,39)/t28-,29-/m1/s1. The average Bonchev–Trinajstić information content (AvgIpc) is 3.35. The molecule has 2 aromatic heterocycles. The van der Waals surface area contributed by atoms with Crippen molar-refractivity contribution in [2.45, 2.75) is 39.3 Å². The first-order valence-electron chi connectivity index (χ1n) is 12.7. The summed E-state index contributed by atoms with van der Waals surface area (Å²) in [6.07, 6.45) is 1.98. The highest BCUT2D eigenvalue weighted by Gasteiger charge is 2.42. The smallest absolute Gasteiger partial charge is 0.226 e. The molecule has 0 unspecified atom stereocenters. The first-order valence-corrected chi connectivity index (χ1v) is 13.5. The molecule has 3 heterocycles. The predicted octanol–water partition coefficient (Wildman–Crippen LogP) is 6.59. The number of nitrogens with zero attached hydrogens (tertiary/aromatic N) is 3. The van der Waals surface area contributed by atoms with Gasteiger partial charge in [-0.15, -0.1) is 0 Å². The predicted molar refractivity (Wildman–Crippen MR) is 157 cm³/mol. The topological polar surface area (TPSA) is 62.2 Å². The summed E-state index contributed by atoms with van der Waals surface area (Å²) in [5.74, 6) is -0.527. The summed E-state index contributed by atoms with van der Waals surface area (Å²) in [6, 6.07) is 19.0. The van der Waals surface area contributed by atoms with Gasteiger partial charge in [-0.3, -0.25) is 9.78 Å². The molecule has 0 bridgehead atoms. The molecule has 6 nitrogen and oxygen atoms in total. The number of hydrogen-bond donors (Lipinski definition) is 2. The third kappa shape index (κ3) is 5.40. The van der Waals surface area contributed by atoms with Gasteiger partial charge in [0.15, 0.2) is 5.11 Å². The van der Waals surface area contributed by atoms with Gasteiger partial charge in [-0.1, -0.05) is 23.7 Å². The Hall–Kier alpha value is -3.75. The first kappa shape index (κ1) is 26.8. The molecular formula is C30H29ClFN5OS. The van der Waals surface area contributed by atoms with Crippen LogP contribution < -0.4 is 10.6 Å². The van der Waals surface area contributed by atoms with Crippen molar-refractivity contribution in [2.24, 2.45) is 0 Å². The van der Waals surface area contributed by atoms with E-state index in [2.05, 4.69) is 45.9 Å². The van der Waals surface area contributed by atoms with Gasteiger partial charge >= 0.3 is 0 Å². The number of pyridine rings is 1. The molecular weight excluding hydrogens is 533 g/mol. The number of carbonyl (C=O) groups is 1. The number of rotatable bonds is 7. The van der Waals surface area contributed by atoms with E-state index in [1.165, 1.54) is 12.1 Å². The second-order valence-electron chi connectivity index (χ2n) is 9.65. The number of anilines is 1. The average molecular weight is 562 g/mol. The molecule has 9 heteroatoms. The van der Waals surface area contributed by atoms with Crippen LogP contribution >= 0.6 is 23.8 Å². The van der Waals surface area contributed by atoms with Crippen LogP contribution in [0.4, 0.5) is 10.1 Å². The molecule has 5 rings (SSSR count). The van der Waals surface area contributed by atoms with E-state index in [9.17, 15) is 9.18 Å². The third-order valence-corrected chi connectivity index (χ3v) is 7.86. The Bertz CT molecular complexity index is 1520. The Kier molecular flexibility index (Phi) is 7.68. The summed E-state index contributed by atoms with van der Waals surface area (Å²) in [6.45, 7) is 6.72. The Balaban J connectivity index is 1.50. The summed E-state index contributed by atoms with van der Waals surface area (Å²) >= 11 is 12.2. The van der Waals surface area contributed by atoms with Crippen molar-refractivity contribution in [3.8, 4) is 5.69 Å². The van der Waals surface area contributed by atoms with Crippen LogP contribution in [0, 0.1) is 26.6 Å². The number of halogens is 2. The zero-order chi connectivity index (χ0) is 27.7. The highest BCUT2D eigenvalue weighted by atomic mass is 35.5. The molecule has 0 aliphatic carbocycles. The molecule has 2 aromatic carbocycles. The molecule has 4 aromatic rings. The lowest BCUT2D eigenvalue weighted by atomic mass is 9.93. The van der Waals surface area contributed by atoms with Crippen molar-refractivity contribution in [1.29, 1.82) is 0 Å². The number of aromatic nitrogens is 2. The third-order valence-electron chi connectivity index (χ3n) is 7.28. The van der Waals surface area contributed by atoms with E-state index in [0.29, 0.717) is 22.4 Å². The Morgan fingerprint density at radius 3 is 2.54 bits per heavy atom. The quantitative estimate of drug-likeness (QED) is 0.249. The highest BCUT2D eigenvalue weighted by Crippen LogP contribution is 2.43. The minimum atomic E-state index is -0.351. The zero-order valence-corrected chi connectivity index (χ0v) is 23.5. The van der Waals surface area contributed by atoms with Gasteiger partial charge in [0, 0.05) is 52.5 Å². The highest BCUT2D eigenvalue weighted by molar-refractivity contribution is 7.80. The first-order chi connectivity index (χ1) is 18.7. The lowest BCUT2D eigenvalue weighted by molar-refractivity contribution is -0.116. The summed E-state index contributed by atoms with van der Waals surface area (Å²) in [4.78, 5) is 19.6. The Morgan fingerprint density at radius 2 is 1.85 bits per heavy atom. The van der Waals surface area contributed by atoms with Gasteiger partial charge in [0.05, 0.1) is 17.8 Å². The molecule has 0 radical (unpaired) electrons. The van der Waals surface area contributed by atoms with Crippen LogP contribution in [0.15, 0.2) is 72.9 Å². The Morgan fingerprint density at radius 1 is 1.08 bits per heavy atom. The van der Waals surface area contributed by atoms with E-state index in [0.717, 1.165) is 33.9 Å². The molecule has 1 saturated heterocycles. The van der Waals surface area contributed by atoms with Gasteiger partial charge in [0.1, 0.15) is 5.82 Å². The van der Waals surface area contributed by atoms with Gasteiger partial charge in [0.2, 0.25) is 5.91 Å². The SMILES string of the molecule is Cc1c([C@@H]2[C@@H](c3ccccn3)NC(=S)N2CCC(=O)Nc2ccc(F)cc2)c(C)n(-c2cccc(Cl)c2)c1C. The molecule has 0 spiro atoms. The van der Waals surface area contributed by atoms with Gasteiger partial charge in [-0.05, 0) is 93.1 Å². The number of nitrogens with one attached hydrogen (secondary N) is 2. The van der Waals surface area contributed by atoms with Gasteiger partial charge < -0.3 is 20.1 Å². The second-order valence-corrected chi connectivity index (χ2v) is 10.5. The lowest BCUT2D eigenvalue weighted by Crippen LogP contribution is -2.33. The maximum absolute atomic E-state index is 13.3. The van der Waals surface area contributed by atoms with Crippen molar-refractivity contribution in [2.75, 3.05) is 11.9 Å². The van der Waals surface area contributed by atoms with Crippen LogP contribution in [0.5, 0.6) is 0 Å². The number of amides is 1. The van der Waals surface area contributed by atoms with Crippen molar-refractivity contribution in [1.82, 2.24) is 19.8 Å². The van der Waals surface area contributed by atoms with E-state index in [1.807, 2.05) is 42.5 Å². The minimum absolute atomic E-state index is 0.175. The molecule has 1 fully saturated rings. The normalized spacial score (nSPS) is 16.8. The molecule has 0 saturated carbocycles. The van der Waals surface area contributed by atoms with Crippen molar-refractivity contribution in [3.63, 3.8) is 0 Å². The Labute approximate surface area is 237 Å². The zero-order valence-electron chi connectivity index (χ0n) is 21.9. The molecule has 39 heavy (non-hydrogen) atoms. The van der Waals surface area contributed by atoms with E-state index in [-0.39, 0.29) is 30.2 Å². The van der Waals surface area contributed by atoms with E-state index in [1.54, 1.807) is 18.3 Å². The summed E-state index contributed by atoms with van der Waals surface area (Å²) in [5, 5.41) is 7.55. The number of benzene rings is 2. The van der Waals surface area contributed by atoms with Crippen LogP contribution in [-0.4, -0.2) is 32.0 Å². The molecule has 200 valence electrons. The number of hydrogen-bond acceptors (Lipinski definition) is 3. The maximum atomic E-state index is 13.3. The van der Waals surface area contributed by atoms with Gasteiger partial charge in [0.25, 0.3) is 0 Å². The van der Waals surface area contributed by atoms with Crippen LogP contribution in [0.25, 0.3) is 5.69 Å². The summed E-state index contributed by atoms with van der Waals surface area (Å²) < 4.78 is 15.5. The van der Waals surface area contributed by atoms with E-state index >= 15 is 0 Å². The fourth-order valence-corrected chi connectivity index (χ4v) is 5.90. The summed E-state index contributed by atoms with van der Waals surface area (Å²) in [5.41, 5.74) is 6.87. The molecule has 2 N–H and O–H groups in total. The van der Waals surface area contributed by atoms with Crippen molar-refractivity contribution in [3.05, 3.63) is 112 Å². The fourth-order valence-electron chi connectivity index (χ4n) is 5.38. The number of thiocarbonyl (C=S) groups is 1. The monoisotopic (exact) mass is 561 g/mol. The van der Waals surface area contributed by atoms with Crippen LogP contribution in [0.2, 0.25) is 5.02 Å². The van der Waals surface area contributed by atoms with Crippen LogP contribution in [0.3, 0.4) is 0 Å². The number of carbonyl (C=O) groups excluding carboxylic acids is 1. The van der Waals surface area contributed by atoms with E-state index in [4.69, 9.17) is 23.8 Å². The molecule has 1 aliphatic rings. The second kappa shape index (κ2) is 11.2. The molecule has 2 atom stereocenters. The fraction of sp³-hybridized carbons (Fsp3) is 0.233. The van der Waals surface area contributed by atoms with Crippen molar-refractivity contribution < 1.29 is 9.18 Å². The van der Waals surface area contributed by atoms with Gasteiger partial charge in [-0.2, -0.15) is 0 Å². The molecule has 1 aliphatic heterocycles. The maximum Gasteiger partial charge on any atom is 0.226 e. The minimum Gasteiger partial charge on any atom is -0.352 e. The summed E-state index contributed by atoms with van der Waals surface area (Å²) in [7, 11) is 0. The van der Waals surface area contributed by atoms with Crippen LogP contribution in [-0.2, 0) is 4.79 Å². The molecule has 1 amide bonds. The van der Waals surface area contributed by atoms with Gasteiger partial charge in [-0.25, -0.2) is 4.39 Å².